The summed E-state index contributed by atoms with van der Waals surface area (Å²) in [7, 11) is 0. The minimum atomic E-state index is -0.122. The highest BCUT2D eigenvalue weighted by atomic mass is 16.3. The summed E-state index contributed by atoms with van der Waals surface area (Å²) in [5.41, 5.74) is 5.95. The molecule has 3 N–H and O–H groups in total. The van der Waals surface area contributed by atoms with Crippen LogP contribution in [0.1, 0.15) is 51.9 Å². The van der Waals surface area contributed by atoms with Crippen molar-refractivity contribution in [1.82, 2.24) is 0 Å². The molecule has 2 heteroatoms. The first-order valence-electron chi connectivity index (χ1n) is 6.56. The van der Waals surface area contributed by atoms with E-state index < -0.39 is 0 Å². The molecule has 2 aliphatic carbocycles. The zero-order valence-corrected chi connectivity index (χ0v) is 9.91. The van der Waals surface area contributed by atoms with Gasteiger partial charge in [-0.1, -0.05) is 26.2 Å². The molecule has 0 spiro atoms. The van der Waals surface area contributed by atoms with Crippen molar-refractivity contribution in [3.05, 3.63) is 0 Å². The quantitative estimate of drug-likeness (QED) is 0.752. The van der Waals surface area contributed by atoms with Crippen LogP contribution in [0.4, 0.5) is 0 Å². The molecule has 0 amide bonds. The van der Waals surface area contributed by atoms with Crippen LogP contribution in [0.3, 0.4) is 0 Å². The Bertz CT molecular complexity index is 199. The van der Waals surface area contributed by atoms with Crippen molar-refractivity contribution < 1.29 is 5.11 Å². The summed E-state index contributed by atoms with van der Waals surface area (Å²) >= 11 is 0. The third-order valence-corrected chi connectivity index (χ3v) is 4.89. The molecule has 2 nitrogen and oxygen atoms in total. The molecule has 1 atom stereocenters. The molecule has 2 fully saturated rings. The van der Waals surface area contributed by atoms with Crippen molar-refractivity contribution in [2.75, 3.05) is 6.54 Å². The lowest BCUT2D eigenvalue weighted by Crippen LogP contribution is -2.50. The van der Waals surface area contributed by atoms with E-state index in [4.69, 9.17) is 5.73 Å². The highest BCUT2D eigenvalue weighted by molar-refractivity contribution is 4.97. The Morgan fingerprint density at radius 3 is 2.27 bits per heavy atom. The zero-order valence-electron chi connectivity index (χ0n) is 9.91. The summed E-state index contributed by atoms with van der Waals surface area (Å²) in [6.45, 7) is 3.00. The van der Waals surface area contributed by atoms with Gasteiger partial charge in [0, 0.05) is 12.0 Å². The van der Waals surface area contributed by atoms with Crippen molar-refractivity contribution >= 4 is 0 Å². The van der Waals surface area contributed by atoms with Crippen molar-refractivity contribution in [2.24, 2.45) is 23.0 Å². The molecule has 88 valence electrons. The van der Waals surface area contributed by atoms with Gasteiger partial charge in [-0.05, 0) is 37.5 Å². The smallest absolute Gasteiger partial charge is 0.0636 e. The summed E-state index contributed by atoms with van der Waals surface area (Å²) in [4.78, 5) is 0. The number of aliphatic hydroxyl groups excluding tert-OH is 1. The first-order chi connectivity index (χ1) is 7.18. The molecule has 0 aliphatic heterocycles. The molecular weight excluding hydrogens is 186 g/mol. The van der Waals surface area contributed by atoms with E-state index in [0.717, 1.165) is 18.8 Å². The van der Waals surface area contributed by atoms with Crippen LogP contribution in [0.25, 0.3) is 0 Å². The Balaban J connectivity index is 1.92. The van der Waals surface area contributed by atoms with Crippen LogP contribution in [0.5, 0.6) is 0 Å². The molecule has 0 aromatic rings. The first kappa shape index (κ1) is 11.4. The second-order valence-electron chi connectivity index (χ2n) is 5.88. The monoisotopic (exact) mass is 211 g/mol. The molecular formula is C13H25NO. The van der Waals surface area contributed by atoms with Crippen LogP contribution in [0, 0.1) is 17.3 Å². The summed E-state index contributed by atoms with van der Waals surface area (Å²) in [5, 5.41) is 10.5. The maximum atomic E-state index is 10.5. The number of hydrogen-bond donors (Lipinski definition) is 2. The Labute approximate surface area is 93.2 Å². The van der Waals surface area contributed by atoms with E-state index in [2.05, 4.69) is 6.92 Å². The van der Waals surface area contributed by atoms with Gasteiger partial charge in [0.2, 0.25) is 0 Å². The fourth-order valence-electron chi connectivity index (χ4n) is 3.35. The largest absolute Gasteiger partial charge is 0.392 e. The fourth-order valence-corrected chi connectivity index (χ4v) is 3.35. The number of nitrogens with two attached hydrogens (primary N) is 1. The third-order valence-electron chi connectivity index (χ3n) is 4.89. The van der Waals surface area contributed by atoms with Crippen molar-refractivity contribution in [3.63, 3.8) is 0 Å². The molecule has 2 saturated carbocycles. The van der Waals surface area contributed by atoms with E-state index >= 15 is 0 Å². The van der Waals surface area contributed by atoms with Gasteiger partial charge in [-0.25, -0.2) is 0 Å². The van der Waals surface area contributed by atoms with Gasteiger partial charge in [0.05, 0.1) is 6.10 Å². The lowest BCUT2D eigenvalue weighted by molar-refractivity contribution is -0.0730. The minimum Gasteiger partial charge on any atom is -0.392 e. The number of rotatable bonds is 3. The predicted octanol–water partition coefficient (Wildman–Crippen LogP) is 2.30. The van der Waals surface area contributed by atoms with Gasteiger partial charge in [-0.15, -0.1) is 0 Å². The van der Waals surface area contributed by atoms with Crippen LogP contribution in [-0.4, -0.2) is 17.8 Å². The molecule has 1 unspecified atom stereocenters. The van der Waals surface area contributed by atoms with E-state index in [1.807, 2.05) is 0 Å². The van der Waals surface area contributed by atoms with Gasteiger partial charge >= 0.3 is 0 Å². The maximum absolute atomic E-state index is 10.5. The van der Waals surface area contributed by atoms with E-state index in [9.17, 15) is 5.11 Å². The van der Waals surface area contributed by atoms with E-state index in [-0.39, 0.29) is 11.5 Å². The van der Waals surface area contributed by atoms with E-state index in [1.54, 1.807) is 0 Å². The molecule has 0 heterocycles. The van der Waals surface area contributed by atoms with Crippen molar-refractivity contribution in [1.29, 1.82) is 0 Å². The van der Waals surface area contributed by atoms with Crippen LogP contribution in [0.15, 0.2) is 0 Å². The van der Waals surface area contributed by atoms with E-state index in [1.165, 1.54) is 32.1 Å². The molecule has 0 aromatic heterocycles. The van der Waals surface area contributed by atoms with E-state index in [0.29, 0.717) is 12.5 Å². The molecule has 15 heavy (non-hydrogen) atoms. The fraction of sp³-hybridized carbons (Fsp3) is 1.00. The molecule has 2 aliphatic rings. The summed E-state index contributed by atoms with van der Waals surface area (Å²) in [6, 6.07) is 0. The lowest BCUT2D eigenvalue weighted by Gasteiger charge is -2.48. The van der Waals surface area contributed by atoms with Gasteiger partial charge < -0.3 is 10.8 Å². The maximum Gasteiger partial charge on any atom is 0.0636 e. The lowest BCUT2D eigenvalue weighted by atomic mass is 9.60. The molecule has 0 bridgehead atoms. The van der Waals surface area contributed by atoms with Crippen LogP contribution >= 0.6 is 0 Å². The average molecular weight is 211 g/mol. The Morgan fingerprint density at radius 2 is 1.87 bits per heavy atom. The van der Waals surface area contributed by atoms with Gasteiger partial charge in [0.15, 0.2) is 0 Å². The average Bonchev–Trinajstić information content (AvgIpc) is 2.18. The second-order valence-corrected chi connectivity index (χ2v) is 5.88. The molecule has 0 saturated heterocycles. The summed E-state index contributed by atoms with van der Waals surface area (Å²) in [6.07, 6.45) is 8.45. The van der Waals surface area contributed by atoms with Crippen LogP contribution in [-0.2, 0) is 0 Å². The predicted molar refractivity (Wildman–Crippen MR) is 62.5 cm³/mol. The van der Waals surface area contributed by atoms with Crippen molar-refractivity contribution in [3.8, 4) is 0 Å². The Hall–Kier alpha value is -0.0800. The molecule has 2 rings (SSSR count). The molecule has 0 radical (unpaired) electrons. The Morgan fingerprint density at radius 1 is 1.27 bits per heavy atom. The topological polar surface area (TPSA) is 46.2 Å². The highest BCUT2D eigenvalue weighted by Gasteiger charge is 2.45. The molecule has 0 aromatic carbocycles. The second kappa shape index (κ2) is 4.42. The van der Waals surface area contributed by atoms with Gasteiger partial charge in [0.25, 0.3) is 0 Å². The number of hydrogen-bond acceptors (Lipinski definition) is 2. The van der Waals surface area contributed by atoms with Gasteiger partial charge in [-0.3, -0.25) is 0 Å². The third kappa shape index (κ3) is 2.07. The standard InChI is InChI=1S/C13H25NO/c1-10-3-5-11(6-4-10)12(15)13(9-14)7-2-8-13/h10-12,15H,2-9,14H2,1H3. The summed E-state index contributed by atoms with van der Waals surface area (Å²) in [5.74, 6) is 1.40. The Kier molecular flexibility index (Phi) is 3.36. The summed E-state index contributed by atoms with van der Waals surface area (Å²) < 4.78 is 0. The van der Waals surface area contributed by atoms with Crippen LogP contribution in [0.2, 0.25) is 0 Å². The zero-order chi connectivity index (χ0) is 10.9. The first-order valence-corrected chi connectivity index (χ1v) is 6.56. The number of aliphatic hydroxyl groups is 1. The minimum absolute atomic E-state index is 0.102. The van der Waals surface area contributed by atoms with Gasteiger partial charge in [-0.2, -0.15) is 0 Å². The highest BCUT2D eigenvalue weighted by Crippen LogP contribution is 2.47. The van der Waals surface area contributed by atoms with Gasteiger partial charge in [0.1, 0.15) is 0 Å². The van der Waals surface area contributed by atoms with Crippen LogP contribution < -0.4 is 5.73 Å². The SMILES string of the molecule is CC1CCC(C(O)C2(CN)CCC2)CC1. The normalized spacial score (nSPS) is 37.0. The van der Waals surface area contributed by atoms with Crippen molar-refractivity contribution in [2.45, 2.75) is 58.0 Å².